The fourth-order valence-corrected chi connectivity index (χ4v) is 2.35. The second-order valence-electron chi connectivity index (χ2n) is 4.41. The molecule has 1 aliphatic carbocycles. The average molecular weight is 240 g/mol. The number of hydrogen-bond donors (Lipinski definition) is 0. The van der Waals surface area contributed by atoms with Crippen molar-refractivity contribution in [2.75, 3.05) is 0 Å². The molecular formula is C13H18ClNO. The molecule has 2 rings (SSSR count). The van der Waals surface area contributed by atoms with E-state index < -0.39 is 0 Å². The molecular weight excluding hydrogens is 222 g/mol. The monoisotopic (exact) mass is 239 g/mol. The Morgan fingerprint density at radius 3 is 2.69 bits per heavy atom. The van der Waals surface area contributed by atoms with Gasteiger partial charge in [-0.25, -0.2) is 4.98 Å². The molecule has 16 heavy (non-hydrogen) atoms. The smallest absolute Gasteiger partial charge is 0.129 e. The van der Waals surface area contributed by atoms with E-state index in [4.69, 9.17) is 16.3 Å². The molecule has 1 heterocycles. The summed E-state index contributed by atoms with van der Waals surface area (Å²) < 4.78 is 5.92. The first-order valence-electron chi connectivity index (χ1n) is 6.06. The van der Waals surface area contributed by atoms with Crippen LogP contribution in [0, 0.1) is 0 Å². The van der Waals surface area contributed by atoms with Crippen LogP contribution in [0.25, 0.3) is 0 Å². The molecule has 0 spiro atoms. The lowest BCUT2D eigenvalue weighted by Gasteiger charge is -2.15. The molecule has 0 aliphatic heterocycles. The van der Waals surface area contributed by atoms with E-state index in [0.29, 0.717) is 17.9 Å². The first-order valence-corrected chi connectivity index (χ1v) is 6.44. The molecule has 0 amide bonds. The van der Waals surface area contributed by atoms with Gasteiger partial charge in [0.15, 0.2) is 0 Å². The van der Waals surface area contributed by atoms with Crippen molar-refractivity contribution in [3.63, 3.8) is 0 Å². The zero-order chi connectivity index (χ0) is 11.2. The lowest BCUT2D eigenvalue weighted by atomic mass is 10.1. The molecule has 0 N–H and O–H groups in total. The third-order valence-electron chi connectivity index (χ3n) is 3.08. The van der Waals surface area contributed by atoms with Gasteiger partial charge in [-0.15, -0.1) is 0 Å². The standard InChI is InChI=1S/C13H18ClNO/c14-13-9-11(7-8-15-13)10-16-12-5-3-1-2-4-6-12/h7-9,12H,1-6,10H2. The molecule has 3 heteroatoms. The van der Waals surface area contributed by atoms with E-state index in [-0.39, 0.29) is 0 Å². The fraction of sp³-hybridized carbons (Fsp3) is 0.615. The van der Waals surface area contributed by atoms with Gasteiger partial charge in [0.1, 0.15) is 5.15 Å². The SMILES string of the molecule is Clc1cc(COC2CCCCCC2)ccn1. The molecule has 1 fully saturated rings. The van der Waals surface area contributed by atoms with E-state index in [9.17, 15) is 0 Å². The van der Waals surface area contributed by atoms with Crippen LogP contribution in [-0.2, 0) is 11.3 Å². The van der Waals surface area contributed by atoms with Gasteiger partial charge in [-0.3, -0.25) is 0 Å². The summed E-state index contributed by atoms with van der Waals surface area (Å²) in [5.41, 5.74) is 1.12. The average Bonchev–Trinajstić information content (AvgIpc) is 2.55. The molecule has 0 bridgehead atoms. The molecule has 1 aliphatic rings. The Morgan fingerprint density at radius 2 is 2.00 bits per heavy atom. The highest BCUT2D eigenvalue weighted by atomic mass is 35.5. The molecule has 0 unspecified atom stereocenters. The quantitative estimate of drug-likeness (QED) is 0.588. The van der Waals surface area contributed by atoms with E-state index in [2.05, 4.69) is 4.98 Å². The minimum atomic E-state index is 0.439. The highest BCUT2D eigenvalue weighted by Crippen LogP contribution is 2.21. The maximum Gasteiger partial charge on any atom is 0.129 e. The largest absolute Gasteiger partial charge is 0.374 e. The Labute approximate surface area is 102 Å². The van der Waals surface area contributed by atoms with Crippen LogP contribution < -0.4 is 0 Å². The van der Waals surface area contributed by atoms with Gasteiger partial charge in [0.05, 0.1) is 12.7 Å². The highest BCUT2D eigenvalue weighted by Gasteiger charge is 2.12. The van der Waals surface area contributed by atoms with Crippen LogP contribution in [0.5, 0.6) is 0 Å². The summed E-state index contributed by atoms with van der Waals surface area (Å²) in [5.74, 6) is 0. The highest BCUT2D eigenvalue weighted by molar-refractivity contribution is 6.29. The number of halogens is 1. The molecule has 0 aromatic carbocycles. The van der Waals surface area contributed by atoms with Gasteiger partial charge in [-0.05, 0) is 30.5 Å². The third kappa shape index (κ3) is 3.76. The van der Waals surface area contributed by atoms with Crippen LogP contribution in [0.4, 0.5) is 0 Å². The van der Waals surface area contributed by atoms with Crippen LogP contribution in [0.2, 0.25) is 5.15 Å². The lowest BCUT2D eigenvalue weighted by Crippen LogP contribution is -2.11. The molecule has 1 aromatic rings. The topological polar surface area (TPSA) is 22.1 Å². The molecule has 0 atom stereocenters. The Bertz CT molecular complexity index is 321. The second-order valence-corrected chi connectivity index (χ2v) is 4.80. The molecule has 0 radical (unpaired) electrons. The molecule has 2 nitrogen and oxygen atoms in total. The van der Waals surface area contributed by atoms with Crippen molar-refractivity contribution >= 4 is 11.6 Å². The van der Waals surface area contributed by atoms with Gasteiger partial charge in [-0.2, -0.15) is 0 Å². The first-order chi connectivity index (χ1) is 7.84. The summed E-state index contributed by atoms with van der Waals surface area (Å²) in [4.78, 5) is 3.96. The van der Waals surface area contributed by atoms with Gasteiger partial charge < -0.3 is 4.74 Å². The van der Waals surface area contributed by atoms with Gasteiger partial charge in [0.2, 0.25) is 0 Å². The third-order valence-corrected chi connectivity index (χ3v) is 3.29. The van der Waals surface area contributed by atoms with E-state index in [1.165, 1.54) is 38.5 Å². The minimum absolute atomic E-state index is 0.439. The summed E-state index contributed by atoms with van der Waals surface area (Å²) in [6.45, 7) is 0.660. The van der Waals surface area contributed by atoms with Gasteiger partial charge in [-0.1, -0.05) is 37.3 Å². The molecule has 1 saturated carbocycles. The van der Waals surface area contributed by atoms with Crippen LogP contribution in [-0.4, -0.2) is 11.1 Å². The van der Waals surface area contributed by atoms with Crippen molar-refractivity contribution in [2.24, 2.45) is 0 Å². The van der Waals surface area contributed by atoms with E-state index in [1.54, 1.807) is 6.20 Å². The van der Waals surface area contributed by atoms with Crippen LogP contribution >= 0.6 is 11.6 Å². The van der Waals surface area contributed by atoms with Crippen molar-refractivity contribution in [2.45, 2.75) is 51.2 Å². The molecule has 88 valence electrons. The summed E-state index contributed by atoms with van der Waals surface area (Å²) in [6.07, 6.45) is 9.92. The van der Waals surface area contributed by atoms with E-state index in [0.717, 1.165) is 5.56 Å². The molecule has 0 saturated heterocycles. The second kappa shape index (κ2) is 6.21. The van der Waals surface area contributed by atoms with Crippen molar-refractivity contribution in [1.29, 1.82) is 0 Å². The predicted molar refractivity (Wildman–Crippen MR) is 65.5 cm³/mol. The maximum atomic E-state index is 5.92. The van der Waals surface area contributed by atoms with Crippen molar-refractivity contribution < 1.29 is 4.74 Å². The number of ether oxygens (including phenoxy) is 1. The number of pyridine rings is 1. The van der Waals surface area contributed by atoms with Crippen molar-refractivity contribution in [1.82, 2.24) is 4.98 Å². The lowest BCUT2D eigenvalue weighted by molar-refractivity contribution is 0.0309. The fourth-order valence-electron chi connectivity index (χ4n) is 2.16. The minimum Gasteiger partial charge on any atom is -0.374 e. The van der Waals surface area contributed by atoms with Gasteiger partial charge >= 0.3 is 0 Å². The summed E-state index contributed by atoms with van der Waals surface area (Å²) in [7, 11) is 0. The zero-order valence-corrected chi connectivity index (χ0v) is 10.2. The Balaban J connectivity index is 1.81. The number of nitrogens with zero attached hydrogens (tertiary/aromatic N) is 1. The van der Waals surface area contributed by atoms with Crippen molar-refractivity contribution in [3.8, 4) is 0 Å². The van der Waals surface area contributed by atoms with Gasteiger partial charge in [0.25, 0.3) is 0 Å². The first kappa shape index (κ1) is 11.9. The predicted octanol–water partition coefficient (Wildman–Crippen LogP) is 3.97. The maximum absolute atomic E-state index is 5.92. The van der Waals surface area contributed by atoms with Gasteiger partial charge in [0, 0.05) is 6.20 Å². The van der Waals surface area contributed by atoms with Crippen molar-refractivity contribution in [3.05, 3.63) is 29.0 Å². The van der Waals surface area contributed by atoms with E-state index >= 15 is 0 Å². The zero-order valence-electron chi connectivity index (χ0n) is 9.49. The molecule has 1 aromatic heterocycles. The van der Waals surface area contributed by atoms with Crippen LogP contribution in [0.3, 0.4) is 0 Å². The van der Waals surface area contributed by atoms with Crippen LogP contribution in [0.15, 0.2) is 18.3 Å². The Hall–Kier alpha value is -0.600. The van der Waals surface area contributed by atoms with Crippen LogP contribution in [0.1, 0.15) is 44.1 Å². The summed E-state index contributed by atoms with van der Waals surface area (Å²) in [5, 5.41) is 0.543. The Morgan fingerprint density at radius 1 is 1.25 bits per heavy atom. The number of aromatic nitrogens is 1. The normalized spacial score (nSPS) is 18.3. The Kier molecular flexibility index (Phi) is 4.61. The summed E-state index contributed by atoms with van der Waals surface area (Å²) >= 11 is 5.83. The number of hydrogen-bond acceptors (Lipinski definition) is 2. The summed E-state index contributed by atoms with van der Waals surface area (Å²) in [6, 6.07) is 3.83. The number of rotatable bonds is 3. The van der Waals surface area contributed by atoms with E-state index in [1.807, 2.05) is 12.1 Å².